The van der Waals surface area contributed by atoms with E-state index < -0.39 is 28.6 Å². The van der Waals surface area contributed by atoms with Gasteiger partial charge in [-0.25, -0.2) is 5.43 Å². The van der Waals surface area contributed by atoms with Crippen LogP contribution in [0.25, 0.3) is 0 Å². The molecule has 0 heterocycles. The fourth-order valence-corrected chi connectivity index (χ4v) is 2.84. The predicted molar refractivity (Wildman–Crippen MR) is 118 cm³/mol. The van der Waals surface area contributed by atoms with Crippen molar-refractivity contribution in [3.8, 4) is 5.75 Å². The molecule has 0 aliphatic carbocycles. The Balaban J connectivity index is 1.50. The second-order valence-corrected chi connectivity index (χ2v) is 7.10. The molecular formula is C23H17ClF3N3O3. The average Bonchev–Trinajstić information content (AvgIpc) is 2.79. The molecule has 0 fully saturated rings. The van der Waals surface area contributed by atoms with Crippen LogP contribution in [0.5, 0.6) is 5.75 Å². The van der Waals surface area contributed by atoms with E-state index in [9.17, 15) is 22.8 Å². The number of amides is 2. The quantitative estimate of drug-likeness (QED) is 0.298. The summed E-state index contributed by atoms with van der Waals surface area (Å²) in [5, 5.41) is 5.21. The molecule has 0 saturated heterocycles. The Labute approximate surface area is 192 Å². The van der Waals surface area contributed by atoms with Crippen LogP contribution < -0.4 is 15.5 Å². The van der Waals surface area contributed by atoms with Gasteiger partial charge < -0.3 is 10.1 Å². The number of anilines is 1. The molecule has 0 radical (unpaired) electrons. The molecule has 2 amide bonds. The van der Waals surface area contributed by atoms with Crippen molar-refractivity contribution in [2.24, 2.45) is 5.10 Å². The SMILES string of the molecule is O=C(N/N=C\c1ccc(OCc2ccccc2)cc1)C(=O)Nc1ccc(Cl)c(C(F)(F)F)c1. The number of halogens is 4. The lowest BCUT2D eigenvalue weighted by molar-refractivity contribution is -0.137. The van der Waals surface area contributed by atoms with Crippen LogP contribution in [0.2, 0.25) is 5.02 Å². The minimum atomic E-state index is -4.70. The van der Waals surface area contributed by atoms with Crippen molar-refractivity contribution in [3.63, 3.8) is 0 Å². The third kappa shape index (κ3) is 7.08. The highest BCUT2D eigenvalue weighted by Gasteiger charge is 2.33. The van der Waals surface area contributed by atoms with Gasteiger partial charge in [0.2, 0.25) is 0 Å². The number of nitrogens with one attached hydrogen (secondary N) is 2. The maximum Gasteiger partial charge on any atom is 0.417 e. The van der Waals surface area contributed by atoms with Gasteiger partial charge in [0.25, 0.3) is 0 Å². The van der Waals surface area contributed by atoms with Crippen LogP contribution in [0, 0.1) is 0 Å². The number of hydrazone groups is 1. The van der Waals surface area contributed by atoms with Gasteiger partial charge in [0.1, 0.15) is 12.4 Å². The number of hydrogen-bond acceptors (Lipinski definition) is 4. The number of nitrogens with zero attached hydrogens (tertiary/aromatic N) is 1. The first-order valence-corrected chi connectivity index (χ1v) is 9.88. The Bertz CT molecular complexity index is 1150. The van der Waals surface area contributed by atoms with E-state index >= 15 is 0 Å². The summed E-state index contributed by atoms with van der Waals surface area (Å²) in [6.07, 6.45) is -3.40. The van der Waals surface area contributed by atoms with Crippen LogP contribution in [0.4, 0.5) is 18.9 Å². The lowest BCUT2D eigenvalue weighted by Crippen LogP contribution is -2.32. The van der Waals surface area contributed by atoms with E-state index in [1.807, 2.05) is 35.8 Å². The molecule has 0 atom stereocenters. The summed E-state index contributed by atoms with van der Waals surface area (Å²) < 4.78 is 44.4. The Morgan fingerprint density at radius 3 is 2.33 bits per heavy atom. The van der Waals surface area contributed by atoms with Gasteiger partial charge in [0.15, 0.2) is 0 Å². The molecule has 0 saturated carbocycles. The molecule has 0 aromatic heterocycles. The third-order valence-electron chi connectivity index (χ3n) is 4.24. The van der Waals surface area contributed by atoms with Crippen molar-refractivity contribution in [3.05, 3.63) is 94.5 Å². The lowest BCUT2D eigenvalue weighted by atomic mass is 10.2. The summed E-state index contributed by atoms with van der Waals surface area (Å²) in [6, 6.07) is 19.2. The first kappa shape index (κ1) is 23.8. The monoisotopic (exact) mass is 475 g/mol. The zero-order valence-corrected chi connectivity index (χ0v) is 17.7. The molecule has 33 heavy (non-hydrogen) atoms. The Morgan fingerprint density at radius 1 is 0.970 bits per heavy atom. The van der Waals surface area contributed by atoms with Crippen molar-refractivity contribution >= 4 is 35.3 Å². The highest BCUT2D eigenvalue weighted by molar-refractivity contribution is 6.39. The van der Waals surface area contributed by atoms with E-state index in [4.69, 9.17) is 16.3 Å². The molecule has 0 unspecified atom stereocenters. The number of alkyl halides is 3. The molecule has 3 aromatic rings. The highest BCUT2D eigenvalue weighted by Crippen LogP contribution is 2.36. The second kappa shape index (κ2) is 10.6. The van der Waals surface area contributed by atoms with Gasteiger partial charge in [0, 0.05) is 5.69 Å². The van der Waals surface area contributed by atoms with Crippen LogP contribution in [0.15, 0.2) is 77.9 Å². The van der Waals surface area contributed by atoms with Crippen LogP contribution >= 0.6 is 11.6 Å². The molecule has 0 aliphatic heterocycles. The Morgan fingerprint density at radius 2 is 1.67 bits per heavy atom. The minimum absolute atomic E-state index is 0.234. The van der Waals surface area contributed by atoms with Crippen LogP contribution in [0.1, 0.15) is 16.7 Å². The van der Waals surface area contributed by atoms with Crippen molar-refractivity contribution < 1.29 is 27.5 Å². The molecule has 0 bridgehead atoms. The highest BCUT2D eigenvalue weighted by atomic mass is 35.5. The largest absolute Gasteiger partial charge is 0.489 e. The van der Waals surface area contributed by atoms with Gasteiger partial charge in [-0.3, -0.25) is 9.59 Å². The molecule has 10 heteroatoms. The Hall–Kier alpha value is -3.85. The number of rotatable bonds is 6. The lowest BCUT2D eigenvalue weighted by Gasteiger charge is -2.11. The number of ether oxygens (including phenoxy) is 1. The average molecular weight is 476 g/mol. The zero-order valence-electron chi connectivity index (χ0n) is 16.9. The second-order valence-electron chi connectivity index (χ2n) is 6.69. The number of carbonyl (C=O) groups excluding carboxylic acids is 2. The normalized spacial score (nSPS) is 11.3. The summed E-state index contributed by atoms with van der Waals surface area (Å²) in [5.41, 5.74) is 2.29. The predicted octanol–water partition coefficient (Wildman–Crippen LogP) is 5.03. The zero-order chi connectivity index (χ0) is 23.8. The summed E-state index contributed by atoms with van der Waals surface area (Å²) in [7, 11) is 0. The van der Waals surface area contributed by atoms with Gasteiger partial charge in [-0.05, 0) is 53.6 Å². The van der Waals surface area contributed by atoms with Gasteiger partial charge in [-0.2, -0.15) is 18.3 Å². The summed E-state index contributed by atoms with van der Waals surface area (Å²) in [6.45, 7) is 0.414. The van der Waals surface area contributed by atoms with Gasteiger partial charge in [-0.1, -0.05) is 41.9 Å². The summed E-state index contributed by atoms with van der Waals surface area (Å²) in [5.74, 6) is -1.70. The fourth-order valence-electron chi connectivity index (χ4n) is 2.62. The maximum atomic E-state index is 12.9. The standard InChI is InChI=1S/C23H17ClF3N3O3/c24-20-11-8-17(12-19(20)23(25,26)27)29-21(31)22(32)30-28-13-15-6-9-18(10-7-15)33-14-16-4-2-1-3-5-16/h1-13H,14H2,(H,29,31)(H,30,32)/b28-13-. The van der Waals surface area contributed by atoms with Gasteiger partial charge >= 0.3 is 18.0 Å². The van der Waals surface area contributed by atoms with Crippen LogP contribution in [-0.4, -0.2) is 18.0 Å². The fraction of sp³-hybridized carbons (Fsp3) is 0.0870. The third-order valence-corrected chi connectivity index (χ3v) is 4.57. The molecule has 6 nitrogen and oxygen atoms in total. The first-order chi connectivity index (χ1) is 15.7. The summed E-state index contributed by atoms with van der Waals surface area (Å²) in [4.78, 5) is 23.8. The maximum absolute atomic E-state index is 12.9. The van der Waals surface area contributed by atoms with E-state index in [1.165, 1.54) is 6.21 Å². The van der Waals surface area contributed by atoms with Gasteiger partial charge in [-0.15, -0.1) is 0 Å². The van der Waals surface area contributed by atoms with Crippen LogP contribution in [-0.2, 0) is 22.4 Å². The molecule has 0 spiro atoms. The van der Waals surface area contributed by atoms with Crippen molar-refractivity contribution in [2.75, 3.05) is 5.32 Å². The number of benzene rings is 3. The molecule has 170 valence electrons. The molecule has 2 N–H and O–H groups in total. The topological polar surface area (TPSA) is 79.8 Å². The number of hydrogen-bond donors (Lipinski definition) is 2. The van der Waals surface area contributed by atoms with E-state index in [-0.39, 0.29) is 5.69 Å². The van der Waals surface area contributed by atoms with E-state index in [1.54, 1.807) is 24.3 Å². The minimum Gasteiger partial charge on any atom is -0.489 e. The van der Waals surface area contributed by atoms with Crippen molar-refractivity contribution in [2.45, 2.75) is 12.8 Å². The van der Waals surface area contributed by atoms with E-state index in [2.05, 4.69) is 10.4 Å². The van der Waals surface area contributed by atoms with E-state index in [0.29, 0.717) is 24.0 Å². The first-order valence-electron chi connectivity index (χ1n) is 9.50. The molecule has 3 rings (SSSR count). The van der Waals surface area contributed by atoms with E-state index in [0.717, 1.165) is 17.7 Å². The van der Waals surface area contributed by atoms with Gasteiger partial charge in [0.05, 0.1) is 16.8 Å². The smallest absolute Gasteiger partial charge is 0.417 e. The van der Waals surface area contributed by atoms with Crippen molar-refractivity contribution in [1.29, 1.82) is 0 Å². The molecular weight excluding hydrogens is 459 g/mol. The molecule has 3 aromatic carbocycles. The van der Waals surface area contributed by atoms with Crippen LogP contribution in [0.3, 0.4) is 0 Å². The van der Waals surface area contributed by atoms with Crippen molar-refractivity contribution in [1.82, 2.24) is 5.43 Å². The Kier molecular flexibility index (Phi) is 7.68. The summed E-state index contributed by atoms with van der Waals surface area (Å²) >= 11 is 5.52. The number of carbonyl (C=O) groups is 2. The molecule has 0 aliphatic rings.